The molecule has 3 heteroatoms. The Morgan fingerprint density at radius 1 is 1.38 bits per heavy atom. The molecule has 0 saturated heterocycles. The first-order valence-corrected chi connectivity index (χ1v) is 5.80. The molecular formula is C13H18N2O. The highest BCUT2D eigenvalue weighted by Crippen LogP contribution is 2.19. The van der Waals surface area contributed by atoms with Crippen molar-refractivity contribution in [2.75, 3.05) is 11.9 Å². The van der Waals surface area contributed by atoms with Crippen molar-refractivity contribution >= 4 is 11.6 Å². The smallest absolute Gasteiger partial charge is 0.226 e. The van der Waals surface area contributed by atoms with Crippen molar-refractivity contribution in [3.05, 3.63) is 29.3 Å². The second-order valence-electron chi connectivity index (χ2n) is 4.55. The van der Waals surface area contributed by atoms with Crippen LogP contribution in [0.15, 0.2) is 18.2 Å². The number of rotatable bonds is 2. The summed E-state index contributed by atoms with van der Waals surface area (Å²) < 4.78 is 0. The van der Waals surface area contributed by atoms with Crippen molar-refractivity contribution in [3.8, 4) is 0 Å². The summed E-state index contributed by atoms with van der Waals surface area (Å²) in [4.78, 5) is 11.6. The van der Waals surface area contributed by atoms with E-state index >= 15 is 0 Å². The lowest BCUT2D eigenvalue weighted by atomic mass is 10.0. The lowest BCUT2D eigenvalue weighted by molar-refractivity contribution is -0.118. The molecule has 2 N–H and O–H groups in total. The summed E-state index contributed by atoms with van der Waals surface area (Å²) >= 11 is 0. The minimum Gasteiger partial charge on any atom is -0.326 e. The second kappa shape index (κ2) is 4.66. The van der Waals surface area contributed by atoms with E-state index in [1.165, 1.54) is 11.1 Å². The predicted molar refractivity (Wildman–Crippen MR) is 65.3 cm³/mol. The van der Waals surface area contributed by atoms with Gasteiger partial charge in [-0.1, -0.05) is 19.9 Å². The maximum absolute atomic E-state index is 11.6. The topological polar surface area (TPSA) is 41.1 Å². The molecule has 16 heavy (non-hydrogen) atoms. The summed E-state index contributed by atoms with van der Waals surface area (Å²) in [5.74, 6) is 0.0953. The highest BCUT2D eigenvalue weighted by atomic mass is 16.1. The van der Waals surface area contributed by atoms with E-state index in [2.05, 4.69) is 22.8 Å². The molecule has 1 aliphatic rings. The van der Waals surface area contributed by atoms with Gasteiger partial charge in [0.05, 0.1) is 0 Å². The van der Waals surface area contributed by atoms with Crippen molar-refractivity contribution in [1.29, 1.82) is 0 Å². The lowest BCUT2D eigenvalue weighted by Gasteiger charge is -2.18. The van der Waals surface area contributed by atoms with E-state index < -0.39 is 0 Å². The summed E-state index contributed by atoms with van der Waals surface area (Å²) in [5.41, 5.74) is 3.59. The number of carbonyl (C=O) groups is 1. The molecule has 1 heterocycles. The standard InChI is InChI=1S/C13H18N2O/c1-9(2)13(16)15-12-4-3-10-5-6-14-8-11(10)7-12/h3-4,7,9,14H,5-6,8H2,1-2H3,(H,15,16). The fraction of sp³-hybridized carbons (Fsp3) is 0.462. The Kier molecular flexibility index (Phi) is 3.25. The van der Waals surface area contributed by atoms with Crippen LogP contribution >= 0.6 is 0 Å². The average molecular weight is 218 g/mol. The monoisotopic (exact) mass is 218 g/mol. The van der Waals surface area contributed by atoms with Gasteiger partial charge in [0.1, 0.15) is 0 Å². The van der Waals surface area contributed by atoms with Crippen molar-refractivity contribution in [2.24, 2.45) is 5.92 Å². The summed E-state index contributed by atoms with van der Waals surface area (Å²) in [6, 6.07) is 6.18. The lowest BCUT2D eigenvalue weighted by Crippen LogP contribution is -2.24. The molecule has 0 aromatic heterocycles. The number of benzene rings is 1. The van der Waals surface area contributed by atoms with Crippen LogP contribution in [0.1, 0.15) is 25.0 Å². The molecular weight excluding hydrogens is 200 g/mol. The Labute approximate surface area is 96.2 Å². The van der Waals surface area contributed by atoms with Gasteiger partial charge in [-0.25, -0.2) is 0 Å². The first-order chi connectivity index (χ1) is 7.66. The Balaban J connectivity index is 2.14. The molecule has 0 bridgehead atoms. The fourth-order valence-corrected chi connectivity index (χ4v) is 1.84. The van der Waals surface area contributed by atoms with Gasteiger partial charge in [-0.05, 0) is 36.2 Å². The van der Waals surface area contributed by atoms with E-state index in [1.807, 2.05) is 19.9 Å². The van der Waals surface area contributed by atoms with Crippen LogP contribution in [-0.4, -0.2) is 12.5 Å². The van der Waals surface area contributed by atoms with E-state index in [1.54, 1.807) is 0 Å². The summed E-state index contributed by atoms with van der Waals surface area (Å²) in [6.07, 6.45) is 1.08. The third-order valence-electron chi connectivity index (χ3n) is 2.88. The normalized spacial score (nSPS) is 14.7. The highest BCUT2D eigenvalue weighted by molar-refractivity contribution is 5.92. The number of anilines is 1. The maximum atomic E-state index is 11.6. The van der Waals surface area contributed by atoms with Crippen molar-refractivity contribution in [3.63, 3.8) is 0 Å². The number of amides is 1. The highest BCUT2D eigenvalue weighted by Gasteiger charge is 2.11. The van der Waals surface area contributed by atoms with Crippen molar-refractivity contribution < 1.29 is 4.79 Å². The Hall–Kier alpha value is -1.35. The van der Waals surface area contributed by atoms with E-state index in [-0.39, 0.29) is 11.8 Å². The van der Waals surface area contributed by atoms with Crippen LogP contribution in [0, 0.1) is 5.92 Å². The molecule has 1 aromatic carbocycles. The van der Waals surface area contributed by atoms with Crippen LogP contribution in [0.4, 0.5) is 5.69 Å². The molecule has 1 aliphatic heterocycles. The van der Waals surface area contributed by atoms with E-state index in [9.17, 15) is 4.79 Å². The first kappa shape index (κ1) is 11.1. The molecule has 0 atom stereocenters. The molecule has 1 amide bonds. The van der Waals surface area contributed by atoms with Gasteiger partial charge in [0.2, 0.25) is 5.91 Å². The van der Waals surface area contributed by atoms with Crippen molar-refractivity contribution in [2.45, 2.75) is 26.8 Å². The van der Waals surface area contributed by atoms with Gasteiger partial charge in [0.25, 0.3) is 0 Å². The van der Waals surface area contributed by atoms with Crippen molar-refractivity contribution in [1.82, 2.24) is 5.32 Å². The fourth-order valence-electron chi connectivity index (χ4n) is 1.84. The molecule has 2 rings (SSSR count). The van der Waals surface area contributed by atoms with Gasteiger partial charge >= 0.3 is 0 Å². The zero-order valence-electron chi connectivity index (χ0n) is 9.84. The van der Waals surface area contributed by atoms with Gasteiger partial charge in [0.15, 0.2) is 0 Å². The van der Waals surface area contributed by atoms with Crippen LogP contribution in [0.2, 0.25) is 0 Å². The summed E-state index contributed by atoms with van der Waals surface area (Å²) in [6.45, 7) is 5.75. The summed E-state index contributed by atoms with van der Waals surface area (Å²) in [7, 11) is 0. The minimum atomic E-state index is 0.0224. The predicted octanol–water partition coefficient (Wildman–Crippen LogP) is 1.93. The molecule has 86 valence electrons. The first-order valence-electron chi connectivity index (χ1n) is 5.80. The van der Waals surface area contributed by atoms with Crippen LogP contribution in [-0.2, 0) is 17.8 Å². The largest absolute Gasteiger partial charge is 0.326 e. The Bertz CT molecular complexity index is 399. The number of nitrogens with one attached hydrogen (secondary N) is 2. The third-order valence-corrected chi connectivity index (χ3v) is 2.88. The number of hydrogen-bond acceptors (Lipinski definition) is 2. The Morgan fingerprint density at radius 2 is 2.19 bits per heavy atom. The number of hydrogen-bond donors (Lipinski definition) is 2. The van der Waals surface area contributed by atoms with Gasteiger partial charge in [0, 0.05) is 18.2 Å². The quantitative estimate of drug-likeness (QED) is 0.796. The third kappa shape index (κ3) is 2.42. The van der Waals surface area contributed by atoms with Gasteiger partial charge in [-0.3, -0.25) is 4.79 Å². The van der Waals surface area contributed by atoms with Crippen LogP contribution in [0.5, 0.6) is 0 Å². The second-order valence-corrected chi connectivity index (χ2v) is 4.55. The molecule has 3 nitrogen and oxygen atoms in total. The summed E-state index contributed by atoms with van der Waals surface area (Å²) in [5, 5.41) is 6.26. The molecule has 0 saturated carbocycles. The van der Waals surface area contributed by atoms with Crippen LogP contribution in [0.3, 0.4) is 0 Å². The van der Waals surface area contributed by atoms with E-state index in [0.717, 1.165) is 25.2 Å². The molecule has 0 unspecified atom stereocenters. The average Bonchev–Trinajstić information content (AvgIpc) is 2.28. The molecule has 0 spiro atoms. The van der Waals surface area contributed by atoms with Gasteiger partial charge < -0.3 is 10.6 Å². The zero-order chi connectivity index (χ0) is 11.5. The molecule has 0 radical (unpaired) electrons. The van der Waals surface area contributed by atoms with Crippen LogP contribution in [0.25, 0.3) is 0 Å². The molecule has 0 fully saturated rings. The molecule has 0 aliphatic carbocycles. The SMILES string of the molecule is CC(C)C(=O)Nc1ccc2c(c1)CNCC2. The molecule has 1 aromatic rings. The van der Waals surface area contributed by atoms with Gasteiger partial charge in [-0.15, -0.1) is 0 Å². The Morgan fingerprint density at radius 3 is 2.94 bits per heavy atom. The van der Waals surface area contributed by atoms with E-state index in [0.29, 0.717) is 0 Å². The maximum Gasteiger partial charge on any atom is 0.226 e. The minimum absolute atomic E-state index is 0.0224. The van der Waals surface area contributed by atoms with Gasteiger partial charge in [-0.2, -0.15) is 0 Å². The van der Waals surface area contributed by atoms with E-state index in [4.69, 9.17) is 0 Å². The number of carbonyl (C=O) groups excluding carboxylic acids is 1. The van der Waals surface area contributed by atoms with Crippen LogP contribution < -0.4 is 10.6 Å². The zero-order valence-corrected chi connectivity index (χ0v) is 9.84. The number of fused-ring (bicyclic) bond motifs is 1.